The van der Waals surface area contributed by atoms with Gasteiger partial charge in [0, 0.05) is 26.1 Å². The summed E-state index contributed by atoms with van der Waals surface area (Å²) in [6.07, 6.45) is -2.93. The molecule has 7 heteroatoms. The van der Waals surface area contributed by atoms with Crippen LogP contribution in [0.2, 0.25) is 0 Å². The normalized spacial score (nSPS) is 28.2. The minimum Gasteiger partial charge on any atom is -0.340 e. The summed E-state index contributed by atoms with van der Waals surface area (Å²) in [5.74, 6) is -1.86. The molecule has 112 valence electrons. The van der Waals surface area contributed by atoms with E-state index in [2.05, 4.69) is 5.32 Å². The van der Waals surface area contributed by atoms with Gasteiger partial charge in [-0.25, -0.2) is 0 Å². The van der Waals surface area contributed by atoms with Crippen molar-refractivity contribution in [3.8, 4) is 0 Å². The van der Waals surface area contributed by atoms with Crippen LogP contribution in [-0.4, -0.2) is 43.2 Å². The zero-order chi connectivity index (χ0) is 13.3. The highest BCUT2D eigenvalue weighted by Crippen LogP contribution is 2.40. The summed E-state index contributed by atoms with van der Waals surface area (Å²) in [4.78, 5) is 13.8. The number of carbonyl (C=O) groups is 1. The predicted molar refractivity (Wildman–Crippen MR) is 68.2 cm³/mol. The molecule has 2 rings (SSSR count). The van der Waals surface area contributed by atoms with Crippen molar-refractivity contribution < 1.29 is 18.0 Å². The predicted octanol–water partition coefficient (Wildman–Crippen LogP) is 2.21. The highest BCUT2D eigenvalue weighted by Gasteiger charge is 2.44. The summed E-state index contributed by atoms with van der Waals surface area (Å²) >= 11 is 0. The van der Waals surface area contributed by atoms with Crippen LogP contribution in [0, 0.1) is 11.8 Å². The number of hydrogen-bond acceptors (Lipinski definition) is 2. The quantitative estimate of drug-likeness (QED) is 0.848. The zero-order valence-corrected chi connectivity index (χ0v) is 11.7. The molecule has 0 aromatic carbocycles. The molecule has 0 aromatic heterocycles. The van der Waals surface area contributed by atoms with Gasteiger partial charge in [0.05, 0.1) is 12.0 Å². The maximum absolute atomic E-state index is 12.7. The van der Waals surface area contributed by atoms with Crippen molar-refractivity contribution in [2.45, 2.75) is 37.9 Å². The molecule has 1 aliphatic carbocycles. The Morgan fingerprint density at radius 1 is 1.26 bits per heavy atom. The summed E-state index contributed by atoms with van der Waals surface area (Å²) in [7, 11) is 1.70. The molecule has 0 radical (unpaired) electrons. The number of halogens is 4. The van der Waals surface area contributed by atoms with E-state index < -0.39 is 18.0 Å². The molecule has 2 atom stereocenters. The van der Waals surface area contributed by atoms with Crippen molar-refractivity contribution in [2.24, 2.45) is 11.8 Å². The highest BCUT2D eigenvalue weighted by atomic mass is 35.5. The minimum absolute atomic E-state index is 0. The number of carbonyl (C=O) groups excluding carboxylic acids is 1. The Morgan fingerprint density at radius 3 is 2.37 bits per heavy atom. The molecule has 1 saturated carbocycles. The second-order valence-corrected chi connectivity index (χ2v) is 5.36. The number of nitrogens with one attached hydrogen (secondary N) is 1. The fraction of sp³-hybridized carbons (Fsp3) is 0.917. The van der Waals surface area contributed by atoms with Crippen molar-refractivity contribution in [2.75, 3.05) is 20.1 Å². The van der Waals surface area contributed by atoms with Gasteiger partial charge in [0.25, 0.3) is 0 Å². The lowest BCUT2D eigenvalue weighted by molar-refractivity contribution is -0.187. The standard InChI is InChI=1S/C12H19F3N2O.ClH/c1-17(10-6-16-7-10)11(18)8-3-2-4-9(5-8)12(13,14)15;/h8-10,16H,2-7H2,1H3;1H. The molecule has 2 fully saturated rings. The Bertz CT molecular complexity index is 321. The Kier molecular flexibility index (Phi) is 5.50. The number of amides is 1. The van der Waals surface area contributed by atoms with E-state index >= 15 is 0 Å². The lowest BCUT2D eigenvalue weighted by Gasteiger charge is -2.39. The summed E-state index contributed by atoms with van der Waals surface area (Å²) in [6, 6.07) is 0.156. The van der Waals surface area contributed by atoms with Crippen molar-refractivity contribution in [1.29, 1.82) is 0 Å². The number of alkyl halides is 3. The fourth-order valence-corrected chi connectivity index (χ4v) is 2.73. The smallest absolute Gasteiger partial charge is 0.340 e. The van der Waals surface area contributed by atoms with E-state index in [0.29, 0.717) is 12.8 Å². The highest BCUT2D eigenvalue weighted by molar-refractivity contribution is 5.85. The number of nitrogens with zero attached hydrogens (tertiary/aromatic N) is 1. The summed E-state index contributed by atoms with van der Waals surface area (Å²) < 4.78 is 38.0. The van der Waals surface area contributed by atoms with E-state index in [9.17, 15) is 18.0 Å². The summed E-state index contributed by atoms with van der Waals surface area (Å²) in [6.45, 7) is 1.50. The molecular formula is C12H20ClF3N2O. The van der Waals surface area contributed by atoms with Gasteiger partial charge in [-0.3, -0.25) is 4.79 Å². The van der Waals surface area contributed by atoms with Crippen LogP contribution >= 0.6 is 12.4 Å². The second-order valence-electron chi connectivity index (χ2n) is 5.36. The molecule has 1 heterocycles. The van der Waals surface area contributed by atoms with E-state index in [1.807, 2.05) is 0 Å². The molecule has 1 aliphatic heterocycles. The maximum atomic E-state index is 12.7. The first-order chi connectivity index (χ1) is 8.39. The number of rotatable bonds is 2. The first-order valence-corrected chi connectivity index (χ1v) is 6.43. The maximum Gasteiger partial charge on any atom is 0.391 e. The Hall–Kier alpha value is -0.490. The molecule has 19 heavy (non-hydrogen) atoms. The Labute approximate surface area is 117 Å². The lowest BCUT2D eigenvalue weighted by atomic mass is 9.80. The van der Waals surface area contributed by atoms with Gasteiger partial charge in [-0.15, -0.1) is 12.4 Å². The summed E-state index contributed by atoms with van der Waals surface area (Å²) in [5.41, 5.74) is 0. The van der Waals surface area contributed by atoms with Crippen LogP contribution in [-0.2, 0) is 4.79 Å². The third-order valence-electron chi connectivity index (χ3n) is 4.14. The first-order valence-electron chi connectivity index (χ1n) is 6.43. The Morgan fingerprint density at radius 2 is 1.89 bits per heavy atom. The van der Waals surface area contributed by atoms with E-state index in [1.165, 1.54) is 0 Å². The fourth-order valence-electron chi connectivity index (χ4n) is 2.73. The molecule has 1 saturated heterocycles. The van der Waals surface area contributed by atoms with Gasteiger partial charge in [-0.1, -0.05) is 6.42 Å². The van der Waals surface area contributed by atoms with Gasteiger partial charge in [0.15, 0.2) is 0 Å². The van der Waals surface area contributed by atoms with Gasteiger partial charge >= 0.3 is 6.18 Å². The van der Waals surface area contributed by atoms with E-state index in [-0.39, 0.29) is 37.2 Å². The van der Waals surface area contributed by atoms with Crippen molar-refractivity contribution >= 4 is 18.3 Å². The van der Waals surface area contributed by atoms with E-state index in [4.69, 9.17) is 0 Å². The van der Waals surface area contributed by atoms with Crippen LogP contribution in [0.4, 0.5) is 13.2 Å². The van der Waals surface area contributed by atoms with Gasteiger partial charge in [-0.2, -0.15) is 13.2 Å². The molecule has 3 nitrogen and oxygen atoms in total. The van der Waals surface area contributed by atoms with Crippen molar-refractivity contribution in [1.82, 2.24) is 10.2 Å². The lowest BCUT2D eigenvalue weighted by Crippen LogP contribution is -2.58. The van der Waals surface area contributed by atoms with Gasteiger partial charge in [-0.05, 0) is 19.3 Å². The summed E-state index contributed by atoms with van der Waals surface area (Å²) in [5, 5.41) is 3.06. The molecule has 0 spiro atoms. The Balaban J connectivity index is 0.00000180. The van der Waals surface area contributed by atoms with Crippen LogP contribution in [0.5, 0.6) is 0 Å². The SMILES string of the molecule is CN(C(=O)C1CCCC(C(F)(F)F)C1)C1CNC1.Cl. The topological polar surface area (TPSA) is 32.3 Å². The first kappa shape index (κ1) is 16.6. The third-order valence-corrected chi connectivity index (χ3v) is 4.14. The average Bonchev–Trinajstić information content (AvgIpc) is 2.24. The minimum atomic E-state index is -4.16. The van der Waals surface area contributed by atoms with Gasteiger partial charge < -0.3 is 10.2 Å². The van der Waals surface area contributed by atoms with Crippen molar-refractivity contribution in [3.63, 3.8) is 0 Å². The van der Waals surface area contributed by atoms with Crippen LogP contribution < -0.4 is 5.32 Å². The largest absolute Gasteiger partial charge is 0.391 e. The third kappa shape index (κ3) is 3.75. The average molecular weight is 301 g/mol. The molecule has 2 aliphatic rings. The van der Waals surface area contributed by atoms with Crippen LogP contribution in [0.15, 0.2) is 0 Å². The molecular weight excluding hydrogens is 281 g/mol. The second kappa shape index (κ2) is 6.31. The number of hydrogen-bond donors (Lipinski definition) is 1. The van der Waals surface area contributed by atoms with E-state index in [1.54, 1.807) is 11.9 Å². The monoisotopic (exact) mass is 300 g/mol. The van der Waals surface area contributed by atoms with Crippen molar-refractivity contribution in [3.05, 3.63) is 0 Å². The molecule has 1 amide bonds. The number of likely N-dealkylation sites (N-methyl/N-ethyl adjacent to an activating group) is 1. The molecule has 2 unspecified atom stereocenters. The van der Waals surface area contributed by atoms with E-state index in [0.717, 1.165) is 13.1 Å². The molecule has 1 N–H and O–H groups in total. The van der Waals surface area contributed by atoms with Crippen LogP contribution in [0.3, 0.4) is 0 Å². The molecule has 0 aromatic rings. The van der Waals surface area contributed by atoms with Crippen LogP contribution in [0.25, 0.3) is 0 Å². The molecule has 0 bridgehead atoms. The zero-order valence-electron chi connectivity index (χ0n) is 10.9. The van der Waals surface area contributed by atoms with Gasteiger partial charge in [0.1, 0.15) is 0 Å². The van der Waals surface area contributed by atoms with Crippen LogP contribution in [0.1, 0.15) is 25.7 Å². The van der Waals surface area contributed by atoms with Gasteiger partial charge in [0.2, 0.25) is 5.91 Å².